The average molecular weight is 346 g/mol. The zero-order valence-corrected chi connectivity index (χ0v) is 16.6. The van der Waals surface area contributed by atoms with Gasteiger partial charge in [-0.25, -0.2) is 0 Å². The third-order valence-corrected chi connectivity index (χ3v) is 9.44. The van der Waals surface area contributed by atoms with Crippen LogP contribution in [-0.4, -0.2) is 51.2 Å². The Morgan fingerprint density at radius 2 is 1.87 bits per heavy atom. The quantitative estimate of drug-likeness (QED) is 0.793. The Hall–Kier alpha value is -0.473. The number of rotatable bonds is 4. The fraction of sp³-hybridized carbons (Fsp3) is 0.938. The molecule has 0 aromatic heterocycles. The van der Waals surface area contributed by atoms with Crippen molar-refractivity contribution in [2.45, 2.75) is 90.0 Å². The highest BCUT2D eigenvalue weighted by Crippen LogP contribution is 2.40. The zero-order chi connectivity index (χ0) is 17.6. The highest BCUT2D eigenvalue weighted by atomic mass is 28.4. The second-order valence-corrected chi connectivity index (χ2v) is 13.2. The van der Waals surface area contributed by atoms with Crippen molar-refractivity contribution >= 4 is 14.2 Å². The molecule has 1 amide bonds. The van der Waals surface area contributed by atoms with Crippen LogP contribution in [0, 0.1) is 0 Å². The van der Waals surface area contributed by atoms with Crippen LogP contribution in [0.1, 0.15) is 41.5 Å². The van der Waals surface area contributed by atoms with Crippen LogP contribution in [0.3, 0.4) is 0 Å². The molecule has 4 atom stereocenters. The number of carbonyl (C=O) groups excluding carboxylic acids is 1. The minimum Gasteiger partial charge on any atom is -0.414 e. The normalized spacial score (nSPS) is 33.6. The highest BCUT2D eigenvalue weighted by molar-refractivity contribution is 6.74. The van der Waals surface area contributed by atoms with Crippen molar-refractivity contribution in [2.24, 2.45) is 0 Å². The van der Waals surface area contributed by atoms with Crippen LogP contribution in [-0.2, 0) is 23.4 Å². The minimum atomic E-state index is -1.88. The van der Waals surface area contributed by atoms with Gasteiger partial charge in [0.05, 0.1) is 12.6 Å². The lowest BCUT2D eigenvalue weighted by Crippen LogP contribution is -2.51. The van der Waals surface area contributed by atoms with Crippen molar-refractivity contribution in [3.63, 3.8) is 0 Å². The molecule has 1 N–H and O–H groups in total. The van der Waals surface area contributed by atoms with Gasteiger partial charge in [-0.15, -0.1) is 0 Å². The monoisotopic (exact) mass is 345 g/mol. The molecule has 0 saturated carbocycles. The van der Waals surface area contributed by atoms with Gasteiger partial charge >= 0.3 is 0 Å². The number of carbonyl (C=O) groups is 1. The van der Waals surface area contributed by atoms with E-state index >= 15 is 0 Å². The third kappa shape index (κ3) is 4.14. The molecule has 23 heavy (non-hydrogen) atoms. The summed E-state index contributed by atoms with van der Waals surface area (Å²) in [5, 5.41) is 3.07. The minimum absolute atomic E-state index is 0.107. The van der Waals surface area contributed by atoms with E-state index in [1.807, 2.05) is 13.8 Å². The standard InChI is InChI=1S/C16H31NO5Si/c1-10(18)17-12-11(9-19-23(7,8)15(2,3)4)20-14-13(12)21-16(5,6)22-14/h11-14H,9H2,1-8H3,(H,17,18)/t11-,12?,13-,14-/m1/s1. The SMILES string of the molecule is CC(=O)NC1[C@H]2OC(C)(C)O[C@H]2O[C@@H]1CO[Si](C)(C)C(C)(C)C. The van der Waals surface area contributed by atoms with Crippen LogP contribution in [0.4, 0.5) is 0 Å². The molecule has 0 spiro atoms. The molecule has 2 rings (SSSR count). The highest BCUT2D eigenvalue weighted by Gasteiger charge is 2.55. The van der Waals surface area contributed by atoms with Crippen molar-refractivity contribution < 1.29 is 23.4 Å². The number of nitrogens with one attached hydrogen (secondary N) is 1. The lowest BCUT2D eigenvalue weighted by atomic mass is 10.1. The summed E-state index contributed by atoms with van der Waals surface area (Å²) in [4.78, 5) is 11.6. The van der Waals surface area contributed by atoms with Crippen molar-refractivity contribution in [3.05, 3.63) is 0 Å². The Bertz CT molecular complexity index is 460. The number of hydrogen-bond donors (Lipinski definition) is 1. The molecular weight excluding hydrogens is 314 g/mol. The third-order valence-electron chi connectivity index (χ3n) is 4.94. The van der Waals surface area contributed by atoms with E-state index in [4.69, 9.17) is 18.6 Å². The smallest absolute Gasteiger partial charge is 0.217 e. The second-order valence-electron chi connectivity index (χ2n) is 8.44. The molecule has 0 aromatic rings. The van der Waals surface area contributed by atoms with E-state index in [9.17, 15) is 4.79 Å². The summed E-state index contributed by atoms with van der Waals surface area (Å²) in [5.74, 6) is -0.804. The van der Waals surface area contributed by atoms with Crippen molar-refractivity contribution in [1.82, 2.24) is 5.32 Å². The van der Waals surface area contributed by atoms with E-state index in [-0.39, 0.29) is 29.2 Å². The molecule has 7 heteroatoms. The van der Waals surface area contributed by atoms with E-state index in [1.54, 1.807) is 0 Å². The molecule has 134 valence electrons. The number of ether oxygens (including phenoxy) is 3. The Labute approximate surface area is 140 Å². The van der Waals surface area contributed by atoms with E-state index in [0.29, 0.717) is 6.61 Å². The predicted molar refractivity (Wildman–Crippen MR) is 89.5 cm³/mol. The zero-order valence-electron chi connectivity index (χ0n) is 15.6. The average Bonchev–Trinajstić information content (AvgIpc) is 2.79. The largest absolute Gasteiger partial charge is 0.414 e. The van der Waals surface area contributed by atoms with Crippen LogP contribution in [0.15, 0.2) is 0 Å². The lowest BCUT2D eigenvalue weighted by molar-refractivity contribution is -0.210. The predicted octanol–water partition coefficient (Wildman–Crippen LogP) is 2.39. The first kappa shape index (κ1) is 18.9. The fourth-order valence-electron chi connectivity index (χ4n) is 2.63. The molecule has 0 aliphatic carbocycles. The lowest BCUT2D eigenvalue weighted by Gasteiger charge is -2.37. The summed E-state index contributed by atoms with van der Waals surface area (Å²) in [5.41, 5.74) is 0. The Kier molecular flexibility index (Phi) is 5.01. The molecule has 2 saturated heterocycles. The topological polar surface area (TPSA) is 66.0 Å². The van der Waals surface area contributed by atoms with Gasteiger partial charge in [-0.1, -0.05) is 20.8 Å². The summed E-state index contributed by atoms with van der Waals surface area (Å²) >= 11 is 0. The van der Waals surface area contributed by atoms with E-state index in [1.165, 1.54) is 6.92 Å². The molecule has 0 aromatic carbocycles. The Balaban J connectivity index is 2.05. The first-order valence-corrected chi connectivity index (χ1v) is 11.2. The van der Waals surface area contributed by atoms with Crippen LogP contribution in [0.2, 0.25) is 18.1 Å². The van der Waals surface area contributed by atoms with E-state index in [2.05, 4.69) is 39.2 Å². The summed E-state index contributed by atoms with van der Waals surface area (Å²) in [7, 11) is -1.88. The molecular formula is C16H31NO5Si. The molecule has 1 unspecified atom stereocenters. The number of amides is 1. The van der Waals surface area contributed by atoms with Gasteiger partial charge in [0.15, 0.2) is 20.4 Å². The van der Waals surface area contributed by atoms with Gasteiger partial charge in [-0.2, -0.15) is 0 Å². The second kappa shape index (κ2) is 6.11. The van der Waals surface area contributed by atoms with Crippen molar-refractivity contribution in [2.75, 3.05) is 6.61 Å². The van der Waals surface area contributed by atoms with Gasteiger partial charge in [0, 0.05) is 6.92 Å². The van der Waals surface area contributed by atoms with Gasteiger partial charge in [-0.3, -0.25) is 4.79 Å². The van der Waals surface area contributed by atoms with Gasteiger partial charge in [0.1, 0.15) is 12.2 Å². The molecule has 0 radical (unpaired) electrons. The first-order valence-electron chi connectivity index (χ1n) is 8.24. The molecule has 2 aliphatic heterocycles. The van der Waals surface area contributed by atoms with E-state index < -0.39 is 20.4 Å². The fourth-order valence-corrected chi connectivity index (χ4v) is 3.65. The van der Waals surface area contributed by atoms with Crippen LogP contribution in [0.5, 0.6) is 0 Å². The molecule has 2 heterocycles. The Morgan fingerprint density at radius 3 is 2.39 bits per heavy atom. The van der Waals surface area contributed by atoms with Gasteiger partial charge in [0.25, 0.3) is 0 Å². The summed E-state index contributed by atoms with van der Waals surface area (Å²) in [6.07, 6.45) is -1.03. The van der Waals surface area contributed by atoms with Gasteiger partial charge in [0.2, 0.25) is 5.91 Å². The Morgan fingerprint density at radius 1 is 1.26 bits per heavy atom. The summed E-state index contributed by atoms with van der Waals surface area (Å²) in [6.45, 7) is 16.6. The molecule has 2 aliphatic rings. The van der Waals surface area contributed by atoms with Crippen LogP contribution >= 0.6 is 0 Å². The number of hydrogen-bond acceptors (Lipinski definition) is 5. The molecule has 6 nitrogen and oxygen atoms in total. The molecule has 0 bridgehead atoms. The summed E-state index contributed by atoms with van der Waals surface area (Å²) in [6, 6.07) is -0.260. The maximum atomic E-state index is 11.6. The van der Waals surface area contributed by atoms with Crippen molar-refractivity contribution in [3.8, 4) is 0 Å². The van der Waals surface area contributed by atoms with Gasteiger partial charge < -0.3 is 24.0 Å². The number of fused-ring (bicyclic) bond motifs is 1. The van der Waals surface area contributed by atoms with Gasteiger partial charge in [-0.05, 0) is 32.0 Å². The maximum absolute atomic E-state index is 11.6. The summed E-state index contributed by atoms with van der Waals surface area (Å²) < 4.78 is 23.9. The van der Waals surface area contributed by atoms with Crippen molar-refractivity contribution in [1.29, 1.82) is 0 Å². The van der Waals surface area contributed by atoms with Crippen LogP contribution < -0.4 is 5.32 Å². The first-order chi connectivity index (χ1) is 10.3. The van der Waals surface area contributed by atoms with E-state index in [0.717, 1.165) is 0 Å². The molecule has 2 fully saturated rings. The van der Waals surface area contributed by atoms with Crippen LogP contribution in [0.25, 0.3) is 0 Å². The maximum Gasteiger partial charge on any atom is 0.217 e.